The molecule has 0 aliphatic heterocycles. The van der Waals surface area contributed by atoms with Crippen LogP contribution in [0.4, 0.5) is 0 Å². The molecule has 1 heterocycles. The number of rotatable bonds is 5. The molecule has 0 amide bonds. The summed E-state index contributed by atoms with van der Waals surface area (Å²) in [7, 11) is 0. The van der Waals surface area contributed by atoms with E-state index < -0.39 is 0 Å². The number of hydrogen-bond donors (Lipinski definition) is 1. The molecule has 0 fully saturated rings. The standard InChI is InChI=1S/C15H19N3O/c1-3-16-14(13-8-6-12(2)7-9-13)11-18-15(19)5-4-10-17-18/h4-10,14,16H,3,11H2,1-2H3. The minimum Gasteiger partial charge on any atom is -0.309 e. The number of benzene rings is 1. The molecule has 1 atom stereocenters. The van der Waals surface area contributed by atoms with Crippen LogP contribution in [0.3, 0.4) is 0 Å². The zero-order chi connectivity index (χ0) is 13.7. The number of aryl methyl sites for hydroxylation is 1. The Bertz CT molecular complexity index is 574. The van der Waals surface area contributed by atoms with Gasteiger partial charge in [-0.1, -0.05) is 36.8 Å². The van der Waals surface area contributed by atoms with Crippen molar-refractivity contribution in [2.75, 3.05) is 6.54 Å². The summed E-state index contributed by atoms with van der Waals surface area (Å²) in [4.78, 5) is 11.7. The molecule has 19 heavy (non-hydrogen) atoms. The van der Waals surface area contributed by atoms with Crippen molar-refractivity contribution in [2.45, 2.75) is 26.4 Å². The highest BCUT2D eigenvalue weighted by Gasteiger charge is 2.11. The van der Waals surface area contributed by atoms with Gasteiger partial charge in [0.15, 0.2) is 0 Å². The van der Waals surface area contributed by atoms with Crippen LogP contribution in [0.1, 0.15) is 24.1 Å². The van der Waals surface area contributed by atoms with Crippen LogP contribution < -0.4 is 10.9 Å². The summed E-state index contributed by atoms with van der Waals surface area (Å²) in [5, 5.41) is 7.50. The quantitative estimate of drug-likeness (QED) is 0.890. The Morgan fingerprint density at radius 1 is 1.26 bits per heavy atom. The molecule has 0 aliphatic carbocycles. The first-order chi connectivity index (χ1) is 9.20. The molecule has 2 rings (SSSR count). The van der Waals surface area contributed by atoms with Crippen LogP contribution in [0.25, 0.3) is 0 Å². The van der Waals surface area contributed by atoms with Gasteiger partial charge in [0.2, 0.25) is 0 Å². The van der Waals surface area contributed by atoms with Gasteiger partial charge >= 0.3 is 0 Å². The Kier molecular flexibility index (Phi) is 4.47. The summed E-state index contributed by atoms with van der Waals surface area (Å²) in [6, 6.07) is 11.6. The molecule has 0 saturated carbocycles. The lowest BCUT2D eigenvalue weighted by Crippen LogP contribution is -2.31. The lowest BCUT2D eigenvalue weighted by atomic mass is 10.1. The van der Waals surface area contributed by atoms with Crippen molar-refractivity contribution in [3.8, 4) is 0 Å². The molecular formula is C15H19N3O. The third-order valence-electron chi connectivity index (χ3n) is 3.07. The molecule has 1 aromatic carbocycles. The molecule has 0 saturated heterocycles. The lowest BCUT2D eigenvalue weighted by Gasteiger charge is -2.19. The van der Waals surface area contributed by atoms with E-state index in [0.717, 1.165) is 6.54 Å². The number of hydrogen-bond acceptors (Lipinski definition) is 3. The largest absolute Gasteiger partial charge is 0.309 e. The maximum absolute atomic E-state index is 11.7. The Labute approximate surface area is 113 Å². The molecule has 1 N–H and O–H groups in total. The lowest BCUT2D eigenvalue weighted by molar-refractivity contribution is 0.434. The van der Waals surface area contributed by atoms with E-state index >= 15 is 0 Å². The Morgan fingerprint density at radius 2 is 2.00 bits per heavy atom. The van der Waals surface area contributed by atoms with Crippen LogP contribution >= 0.6 is 0 Å². The maximum atomic E-state index is 11.7. The van der Waals surface area contributed by atoms with Crippen LogP contribution in [0.15, 0.2) is 47.4 Å². The third-order valence-corrected chi connectivity index (χ3v) is 3.07. The summed E-state index contributed by atoms with van der Waals surface area (Å²) < 4.78 is 1.49. The van der Waals surface area contributed by atoms with E-state index in [9.17, 15) is 4.79 Å². The minimum atomic E-state index is -0.0717. The summed E-state index contributed by atoms with van der Waals surface area (Å²) in [6.07, 6.45) is 1.64. The van der Waals surface area contributed by atoms with Crippen molar-refractivity contribution in [2.24, 2.45) is 0 Å². The van der Waals surface area contributed by atoms with Crippen molar-refractivity contribution in [3.63, 3.8) is 0 Å². The van der Waals surface area contributed by atoms with Gasteiger partial charge in [-0.05, 0) is 25.1 Å². The highest BCUT2D eigenvalue weighted by Crippen LogP contribution is 2.15. The monoisotopic (exact) mass is 257 g/mol. The summed E-state index contributed by atoms with van der Waals surface area (Å²) in [6.45, 7) is 5.51. The molecule has 0 bridgehead atoms. The summed E-state index contributed by atoms with van der Waals surface area (Å²) >= 11 is 0. The molecule has 4 nitrogen and oxygen atoms in total. The number of likely N-dealkylation sites (N-methyl/N-ethyl adjacent to an activating group) is 1. The van der Waals surface area contributed by atoms with Gasteiger partial charge < -0.3 is 5.32 Å². The van der Waals surface area contributed by atoms with Gasteiger partial charge in [0.05, 0.1) is 12.6 Å². The van der Waals surface area contributed by atoms with E-state index in [1.165, 1.54) is 21.9 Å². The highest BCUT2D eigenvalue weighted by atomic mass is 16.1. The SMILES string of the molecule is CCNC(Cn1ncccc1=O)c1ccc(C)cc1. The van der Waals surface area contributed by atoms with Gasteiger partial charge in [-0.3, -0.25) is 4.79 Å². The normalized spacial score (nSPS) is 12.3. The predicted octanol–water partition coefficient (Wildman–Crippen LogP) is 1.90. The minimum absolute atomic E-state index is 0.0717. The first kappa shape index (κ1) is 13.5. The highest BCUT2D eigenvalue weighted by molar-refractivity contribution is 5.24. The third kappa shape index (κ3) is 3.51. The van der Waals surface area contributed by atoms with E-state index in [2.05, 4.69) is 48.5 Å². The van der Waals surface area contributed by atoms with Crippen molar-refractivity contribution >= 4 is 0 Å². The van der Waals surface area contributed by atoms with Gasteiger partial charge in [0, 0.05) is 12.3 Å². The van der Waals surface area contributed by atoms with Crippen molar-refractivity contribution < 1.29 is 0 Å². The molecule has 4 heteroatoms. The van der Waals surface area contributed by atoms with Crippen LogP contribution in [0, 0.1) is 6.92 Å². The van der Waals surface area contributed by atoms with Crippen LogP contribution in [-0.4, -0.2) is 16.3 Å². The fraction of sp³-hybridized carbons (Fsp3) is 0.333. The second-order valence-electron chi connectivity index (χ2n) is 4.56. The Morgan fingerprint density at radius 3 is 2.63 bits per heavy atom. The predicted molar refractivity (Wildman–Crippen MR) is 76.1 cm³/mol. The van der Waals surface area contributed by atoms with E-state index in [4.69, 9.17) is 0 Å². The fourth-order valence-electron chi connectivity index (χ4n) is 2.03. The Hall–Kier alpha value is -1.94. The van der Waals surface area contributed by atoms with Gasteiger partial charge in [-0.25, -0.2) is 4.68 Å². The number of aromatic nitrogens is 2. The summed E-state index contributed by atoms with van der Waals surface area (Å²) in [5.41, 5.74) is 2.33. The van der Waals surface area contributed by atoms with Crippen LogP contribution in [-0.2, 0) is 6.54 Å². The molecular weight excluding hydrogens is 238 g/mol. The van der Waals surface area contributed by atoms with Gasteiger partial charge in [-0.15, -0.1) is 0 Å². The molecule has 1 unspecified atom stereocenters. The van der Waals surface area contributed by atoms with E-state index in [1.54, 1.807) is 12.3 Å². The molecule has 0 radical (unpaired) electrons. The second kappa shape index (κ2) is 6.29. The van der Waals surface area contributed by atoms with Crippen LogP contribution in [0.2, 0.25) is 0 Å². The zero-order valence-electron chi connectivity index (χ0n) is 11.3. The topological polar surface area (TPSA) is 46.9 Å². The van der Waals surface area contributed by atoms with Crippen molar-refractivity contribution in [1.29, 1.82) is 0 Å². The molecule has 0 spiro atoms. The number of nitrogens with zero attached hydrogens (tertiary/aromatic N) is 2. The van der Waals surface area contributed by atoms with Crippen LogP contribution in [0.5, 0.6) is 0 Å². The van der Waals surface area contributed by atoms with E-state index in [0.29, 0.717) is 6.54 Å². The zero-order valence-corrected chi connectivity index (χ0v) is 11.3. The maximum Gasteiger partial charge on any atom is 0.266 e. The fourth-order valence-corrected chi connectivity index (χ4v) is 2.03. The van der Waals surface area contributed by atoms with Gasteiger partial charge in [0.25, 0.3) is 5.56 Å². The van der Waals surface area contributed by atoms with E-state index in [-0.39, 0.29) is 11.6 Å². The number of nitrogens with one attached hydrogen (secondary N) is 1. The van der Waals surface area contributed by atoms with Gasteiger partial charge in [0.1, 0.15) is 0 Å². The summed E-state index contributed by atoms with van der Waals surface area (Å²) in [5.74, 6) is 0. The first-order valence-corrected chi connectivity index (χ1v) is 6.53. The van der Waals surface area contributed by atoms with Gasteiger partial charge in [-0.2, -0.15) is 5.10 Å². The molecule has 100 valence electrons. The molecule has 0 aliphatic rings. The van der Waals surface area contributed by atoms with E-state index in [1.807, 2.05) is 0 Å². The smallest absolute Gasteiger partial charge is 0.266 e. The average Bonchev–Trinajstić information content (AvgIpc) is 2.42. The van der Waals surface area contributed by atoms with Crippen molar-refractivity contribution in [1.82, 2.24) is 15.1 Å². The van der Waals surface area contributed by atoms with Crippen molar-refractivity contribution in [3.05, 3.63) is 64.1 Å². The molecule has 1 aromatic heterocycles. The first-order valence-electron chi connectivity index (χ1n) is 6.53. The second-order valence-corrected chi connectivity index (χ2v) is 4.56. The molecule has 2 aromatic rings. The average molecular weight is 257 g/mol. The Balaban J connectivity index is 2.23.